The van der Waals surface area contributed by atoms with E-state index < -0.39 is 0 Å². The maximum atomic E-state index is 9.50. The minimum atomic E-state index is -0.0154. The van der Waals surface area contributed by atoms with Crippen LogP contribution in [0.15, 0.2) is 30.5 Å². The molecular formula is C19H25N5O. The van der Waals surface area contributed by atoms with E-state index >= 15 is 0 Å². The van der Waals surface area contributed by atoms with E-state index in [1.54, 1.807) is 10.9 Å². The average Bonchev–Trinajstić information content (AvgIpc) is 2.97. The topological polar surface area (TPSA) is 75.9 Å². The normalized spacial score (nSPS) is 12.5. The van der Waals surface area contributed by atoms with E-state index in [0.717, 1.165) is 41.1 Å². The van der Waals surface area contributed by atoms with Gasteiger partial charge < -0.3 is 10.4 Å². The molecule has 0 spiro atoms. The molecule has 0 fully saturated rings. The lowest BCUT2D eigenvalue weighted by molar-refractivity contribution is 0.280. The van der Waals surface area contributed by atoms with Crippen molar-refractivity contribution >= 4 is 16.9 Å². The van der Waals surface area contributed by atoms with Gasteiger partial charge in [-0.1, -0.05) is 36.8 Å². The summed E-state index contributed by atoms with van der Waals surface area (Å²) >= 11 is 0. The summed E-state index contributed by atoms with van der Waals surface area (Å²) in [7, 11) is 1.89. The molecule has 3 rings (SSSR count). The summed E-state index contributed by atoms with van der Waals surface area (Å²) < 4.78 is 1.77. The minimum Gasteiger partial charge on any atom is -0.396 e. The fourth-order valence-electron chi connectivity index (χ4n) is 2.93. The first-order valence-corrected chi connectivity index (χ1v) is 8.75. The lowest BCUT2D eigenvalue weighted by atomic mass is 10.0. The van der Waals surface area contributed by atoms with Crippen LogP contribution in [-0.4, -0.2) is 31.5 Å². The molecule has 3 aromatic rings. The molecule has 25 heavy (non-hydrogen) atoms. The van der Waals surface area contributed by atoms with Gasteiger partial charge >= 0.3 is 0 Å². The van der Waals surface area contributed by atoms with Crippen molar-refractivity contribution in [1.82, 2.24) is 19.7 Å². The van der Waals surface area contributed by atoms with Gasteiger partial charge in [-0.3, -0.25) is 4.68 Å². The van der Waals surface area contributed by atoms with Crippen LogP contribution in [0.2, 0.25) is 0 Å². The van der Waals surface area contributed by atoms with E-state index in [0.29, 0.717) is 6.42 Å². The Morgan fingerprint density at radius 2 is 1.96 bits per heavy atom. The van der Waals surface area contributed by atoms with E-state index in [1.807, 2.05) is 7.05 Å². The van der Waals surface area contributed by atoms with E-state index in [4.69, 9.17) is 4.98 Å². The van der Waals surface area contributed by atoms with Crippen LogP contribution >= 0.6 is 0 Å². The number of nitrogens with zero attached hydrogens (tertiary/aromatic N) is 4. The monoisotopic (exact) mass is 339 g/mol. The van der Waals surface area contributed by atoms with Gasteiger partial charge in [0.1, 0.15) is 11.6 Å². The van der Waals surface area contributed by atoms with Gasteiger partial charge in [0.05, 0.1) is 17.6 Å². The van der Waals surface area contributed by atoms with Crippen molar-refractivity contribution in [1.29, 1.82) is 0 Å². The zero-order chi connectivity index (χ0) is 17.8. The molecule has 0 saturated carbocycles. The molecule has 0 aliphatic heterocycles. The maximum Gasteiger partial charge on any atom is 0.163 e. The number of anilines is 1. The Bertz CT molecular complexity index is 841. The third kappa shape index (κ3) is 3.79. The molecule has 0 amide bonds. The predicted octanol–water partition coefficient (Wildman–Crippen LogP) is 3.16. The second kappa shape index (κ2) is 7.61. The Kier molecular flexibility index (Phi) is 5.28. The summed E-state index contributed by atoms with van der Waals surface area (Å²) in [5, 5.41) is 18.2. The fourth-order valence-corrected chi connectivity index (χ4v) is 2.93. The van der Waals surface area contributed by atoms with E-state index in [1.165, 1.54) is 5.56 Å². The number of aliphatic hydroxyl groups excluding tert-OH is 1. The zero-order valence-corrected chi connectivity index (χ0v) is 15.0. The van der Waals surface area contributed by atoms with Gasteiger partial charge in [0.25, 0.3) is 0 Å². The van der Waals surface area contributed by atoms with Crippen molar-refractivity contribution in [3.05, 3.63) is 47.4 Å². The van der Waals surface area contributed by atoms with Crippen LogP contribution in [0.1, 0.15) is 42.8 Å². The standard InChI is InChI=1S/C19H25N5O/c1-4-5-17-22-18(15-12-20-24(3)19(15)23-17)21-16(10-11-25)14-8-6-13(2)7-9-14/h6-9,12,16,25H,4-5,10-11H2,1-3H3,(H,21,22,23)/t16-/m0/s1. The van der Waals surface area contributed by atoms with Gasteiger partial charge in [0, 0.05) is 20.1 Å². The highest BCUT2D eigenvalue weighted by Crippen LogP contribution is 2.27. The second-order valence-corrected chi connectivity index (χ2v) is 6.36. The third-order valence-corrected chi connectivity index (χ3v) is 4.32. The van der Waals surface area contributed by atoms with Crippen molar-refractivity contribution in [3.8, 4) is 0 Å². The number of aromatic nitrogens is 4. The van der Waals surface area contributed by atoms with E-state index in [2.05, 4.69) is 53.5 Å². The number of nitrogens with one attached hydrogen (secondary N) is 1. The number of rotatable bonds is 7. The largest absolute Gasteiger partial charge is 0.396 e. The van der Waals surface area contributed by atoms with Gasteiger partial charge in [0.15, 0.2) is 5.65 Å². The SMILES string of the molecule is CCCc1nc(N[C@@H](CCO)c2ccc(C)cc2)c2cnn(C)c2n1. The van der Waals surface area contributed by atoms with Crippen molar-refractivity contribution in [2.24, 2.45) is 7.05 Å². The highest BCUT2D eigenvalue weighted by molar-refractivity contribution is 5.86. The molecule has 0 radical (unpaired) electrons. The molecule has 2 heterocycles. The Balaban J connectivity index is 1.99. The number of benzene rings is 1. The number of aliphatic hydroxyl groups is 1. The zero-order valence-electron chi connectivity index (χ0n) is 15.0. The molecule has 1 aromatic carbocycles. The Morgan fingerprint density at radius 3 is 2.64 bits per heavy atom. The molecule has 6 heteroatoms. The Hall–Kier alpha value is -2.47. The summed E-state index contributed by atoms with van der Waals surface area (Å²) in [6.45, 7) is 4.29. The third-order valence-electron chi connectivity index (χ3n) is 4.32. The quantitative estimate of drug-likeness (QED) is 0.691. The van der Waals surface area contributed by atoms with E-state index in [-0.39, 0.29) is 12.6 Å². The fraction of sp³-hybridized carbons (Fsp3) is 0.421. The molecule has 0 saturated heterocycles. The van der Waals surface area contributed by atoms with Crippen LogP contribution in [0, 0.1) is 6.92 Å². The molecule has 2 aromatic heterocycles. The molecule has 2 N–H and O–H groups in total. The highest BCUT2D eigenvalue weighted by Gasteiger charge is 2.16. The maximum absolute atomic E-state index is 9.50. The first-order chi connectivity index (χ1) is 12.1. The number of hydrogen-bond donors (Lipinski definition) is 2. The summed E-state index contributed by atoms with van der Waals surface area (Å²) in [5.41, 5.74) is 3.17. The van der Waals surface area contributed by atoms with Crippen LogP contribution in [0.4, 0.5) is 5.82 Å². The van der Waals surface area contributed by atoms with Gasteiger partial charge in [0.2, 0.25) is 0 Å². The number of aryl methyl sites for hydroxylation is 3. The van der Waals surface area contributed by atoms with Gasteiger partial charge in [-0.25, -0.2) is 9.97 Å². The van der Waals surface area contributed by atoms with Crippen molar-refractivity contribution < 1.29 is 5.11 Å². The van der Waals surface area contributed by atoms with Gasteiger partial charge in [-0.05, 0) is 25.3 Å². The smallest absolute Gasteiger partial charge is 0.163 e. The summed E-state index contributed by atoms with van der Waals surface area (Å²) in [5.74, 6) is 1.59. The molecule has 6 nitrogen and oxygen atoms in total. The molecule has 132 valence electrons. The van der Waals surface area contributed by atoms with Crippen molar-refractivity contribution in [3.63, 3.8) is 0 Å². The molecular weight excluding hydrogens is 314 g/mol. The average molecular weight is 339 g/mol. The van der Waals surface area contributed by atoms with Crippen LogP contribution in [-0.2, 0) is 13.5 Å². The Labute approximate surface area is 147 Å². The van der Waals surface area contributed by atoms with Crippen molar-refractivity contribution in [2.75, 3.05) is 11.9 Å². The first kappa shape index (κ1) is 17.4. The number of hydrogen-bond acceptors (Lipinski definition) is 5. The summed E-state index contributed by atoms with van der Waals surface area (Å²) in [6, 6.07) is 8.35. The van der Waals surface area contributed by atoms with Crippen LogP contribution in [0.25, 0.3) is 11.0 Å². The van der Waals surface area contributed by atoms with Gasteiger partial charge in [-0.2, -0.15) is 5.10 Å². The number of fused-ring (bicyclic) bond motifs is 1. The first-order valence-electron chi connectivity index (χ1n) is 8.75. The predicted molar refractivity (Wildman–Crippen MR) is 99.5 cm³/mol. The molecule has 1 atom stereocenters. The highest BCUT2D eigenvalue weighted by atomic mass is 16.3. The van der Waals surface area contributed by atoms with Gasteiger partial charge in [-0.15, -0.1) is 0 Å². The lowest BCUT2D eigenvalue weighted by Gasteiger charge is -2.20. The molecule has 0 aliphatic carbocycles. The Morgan fingerprint density at radius 1 is 1.20 bits per heavy atom. The molecule has 0 unspecified atom stereocenters. The summed E-state index contributed by atoms with van der Waals surface area (Å²) in [4.78, 5) is 9.33. The van der Waals surface area contributed by atoms with Crippen molar-refractivity contribution in [2.45, 2.75) is 39.2 Å². The molecule has 0 bridgehead atoms. The van der Waals surface area contributed by atoms with E-state index in [9.17, 15) is 5.11 Å². The minimum absolute atomic E-state index is 0.0154. The second-order valence-electron chi connectivity index (χ2n) is 6.36. The summed E-state index contributed by atoms with van der Waals surface area (Å²) in [6.07, 6.45) is 4.21. The molecule has 0 aliphatic rings. The van der Waals surface area contributed by atoms with Crippen LogP contribution in [0.3, 0.4) is 0 Å². The van der Waals surface area contributed by atoms with Crippen LogP contribution in [0.5, 0.6) is 0 Å². The van der Waals surface area contributed by atoms with Crippen LogP contribution < -0.4 is 5.32 Å². The lowest BCUT2D eigenvalue weighted by Crippen LogP contribution is -2.15.